The monoisotopic (exact) mass is 375 g/mol. The summed E-state index contributed by atoms with van der Waals surface area (Å²) >= 11 is 0. The summed E-state index contributed by atoms with van der Waals surface area (Å²) < 4.78 is 0. The Morgan fingerprint density at radius 1 is 1.25 bits per heavy atom. The molecule has 1 aromatic carbocycles. The molecule has 3 heterocycles. The number of piperidine rings is 1. The fraction of sp³-hybridized carbons (Fsp3) is 0.318. The molecule has 0 spiro atoms. The molecule has 1 aliphatic heterocycles. The van der Waals surface area contributed by atoms with Crippen LogP contribution in [0.1, 0.15) is 24.0 Å². The third-order valence-corrected chi connectivity index (χ3v) is 5.28. The molecular formula is C22H25N5O. The number of H-pyrrole nitrogens is 1. The molecule has 0 radical (unpaired) electrons. The van der Waals surface area contributed by atoms with Crippen LogP contribution in [0.15, 0.2) is 54.9 Å². The van der Waals surface area contributed by atoms with Crippen LogP contribution in [-0.2, 0) is 11.2 Å². The predicted octanol–water partition coefficient (Wildman–Crippen LogP) is 3.11. The third kappa shape index (κ3) is 4.22. The van der Waals surface area contributed by atoms with Crippen LogP contribution in [0.3, 0.4) is 0 Å². The van der Waals surface area contributed by atoms with Crippen molar-refractivity contribution in [2.24, 2.45) is 0 Å². The van der Waals surface area contributed by atoms with E-state index < -0.39 is 0 Å². The highest BCUT2D eigenvalue weighted by atomic mass is 16.1. The second-order valence-corrected chi connectivity index (χ2v) is 7.33. The average molecular weight is 375 g/mol. The van der Waals surface area contributed by atoms with Gasteiger partial charge in [0.2, 0.25) is 5.91 Å². The molecule has 1 atom stereocenters. The fourth-order valence-electron chi connectivity index (χ4n) is 3.72. The van der Waals surface area contributed by atoms with Gasteiger partial charge in [-0.05, 0) is 43.0 Å². The number of benzene rings is 1. The number of hydrogen-bond acceptors (Lipinski definition) is 4. The summed E-state index contributed by atoms with van der Waals surface area (Å²) in [6, 6.07) is 14.2. The van der Waals surface area contributed by atoms with E-state index in [0.29, 0.717) is 6.42 Å². The van der Waals surface area contributed by atoms with E-state index in [1.807, 2.05) is 43.3 Å². The zero-order chi connectivity index (χ0) is 19.3. The van der Waals surface area contributed by atoms with Crippen LogP contribution in [0.2, 0.25) is 0 Å². The second-order valence-electron chi connectivity index (χ2n) is 7.33. The van der Waals surface area contributed by atoms with E-state index in [-0.39, 0.29) is 11.9 Å². The first-order chi connectivity index (χ1) is 13.7. The summed E-state index contributed by atoms with van der Waals surface area (Å²) in [4.78, 5) is 18.8. The van der Waals surface area contributed by atoms with Crippen molar-refractivity contribution in [3.63, 3.8) is 0 Å². The molecule has 1 fully saturated rings. The van der Waals surface area contributed by atoms with Crippen molar-refractivity contribution in [3.8, 4) is 11.3 Å². The first-order valence-electron chi connectivity index (χ1n) is 9.73. The number of carbonyl (C=O) groups excluding carboxylic acids is 1. The van der Waals surface area contributed by atoms with Gasteiger partial charge in [0.15, 0.2) is 5.82 Å². The van der Waals surface area contributed by atoms with Gasteiger partial charge in [-0.25, -0.2) is 0 Å². The third-order valence-electron chi connectivity index (χ3n) is 5.28. The van der Waals surface area contributed by atoms with Crippen molar-refractivity contribution in [2.45, 2.75) is 32.2 Å². The summed E-state index contributed by atoms with van der Waals surface area (Å²) in [6.45, 7) is 3.77. The fourth-order valence-corrected chi connectivity index (χ4v) is 3.72. The van der Waals surface area contributed by atoms with E-state index in [4.69, 9.17) is 0 Å². The van der Waals surface area contributed by atoms with Gasteiger partial charge in [0.25, 0.3) is 0 Å². The Balaban J connectivity index is 1.37. The lowest BCUT2D eigenvalue weighted by Gasteiger charge is -2.33. The van der Waals surface area contributed by atoms with Crippen molar-refractivity contribution < 1.29 is 4.79 Å². The summed E-state index contributed by atoms with van der Waals surface area (Å²) in [5, 5.41) is 10.8. The molecule has 28 heavy (non-hydrogen) atoms. The van der Waals surface area contributed by atoms with E-state index in [9.17, 15) is 4.79 Å². The summed E-state index contributed by atoms with van der Waals surface area (Å²) in [6.07, 6.45) is 6.01. The van der Waals surface area contributed by atoms with E-state index in [1.165, 1.54) is 0 Å². The maximum atomic E-state index is 12.5. The molecule has 6 heteroatoms. The van der Waals surface area contributed by atoms with Crippen LogP contribution >= 0.6 is 0 Å². The van der Waals surface area contributed by atoms with E-state index in [0.717, 1.165) is 54.1 Å². The Hall–Kier alpha value is -3.15. The molecule has 4 rings (SSSR count). The molecule has 1 aliphatic rings. The molecule has 3 aromatic rings. The summed E-state index contributed by atoms with van der Waals surface area (Å²) in [7, 11) is 0. The Labute approximate surface area is 165 Å². The lowest BCUT2D eigenvalue weighted by atomic mass is 10.0. The normalized spacial score (nSPS) is 16.8. The van der Waals surface area contributed by atoms with Gasteiger partial charge in [-0.3, -0.25) is 14.9 Å². The highest BCUT2D eigenvalue weighted by Gasteiger charge is 2.23. The zero-order valence-corrected chi connectivity index (χ0v) is 16.1. The lowest BCUT2D eigenvalue weighted by molar-refractivity contribution is -0.121. The minimum absolute atomic E-state index is 0.0839. The molecule has 2 aromatic heterocycles. The van der Waals surface area contributed by atoms with Gasteiger partial charge in [-0.1, -0.05) is 24.3 Å². The van der Waals surface area contributed by atoms with Crippen molar-refractivity contribution in [2.75, 3.05) is 18.0 Å². The largest absolute Gasteiger partial charge is 0.353 e. The minimum atomic E-state index is 0.0839. The van der Waals surface area contributed by atoms with Gasteiger partial charge in [0.1, 0.15) is 0 Å². The van der Waals surface area contributed by atoms with Crippen LogP contribution in [-0.4, -0.2) is 40.2 Å². The highest BCUT2D eigenvalue weighted by molar-refractivity contribution is 5.79. The van der Waals surface area contributed by atoms with Gasteiger partial charge in [-0.15, -0.1) is 0 Å². The van der Waals surface area contributed by atoms with E-state index >= 15 is 0 Å². The molecule has 0 bridgehead atoms. The van der Waals surface area contributed by atoms with Gasteiger partial charge in [-0.2, -0.15) is 5.10 Å². The number of carbonyl (C=O) groups is 1. The van der Waals surface area contributed by atoms with Crippen LogP contribution in [0.4, 0.5) is 5.82 Å². The Bertz CT molecular complexity index is 937. The number of aromatic nitrogens is 3. The van der Waals surface area contributed by atoms with Crippen molar-refractivity contribution in [1.29, 1.82) is 0 Å². The number of nitrogens with one attached hydrogen (secondary N) is 2. The number of aromatic amines is 1. The standard InChI is InChI=1S/C22H25N5O/c1-16-5-2-3-6-18(16)13-22(28)24-19-7-4-12-27(15-19)21-14-20(25-26-21)17-8-10-23-11-9-17/h2-3,5-6,8-11,14,19H,4,7,12-13,15H2,1H3,(H,24,28)(H,25,26)/t19-/m1/s1. The lowest BCUT2D eigenvalue weighted by Crippen LogP contribution is -2.48. The molecule has 144 valence electrons. The van der Waals surface area contributed by atoms with Crippen LogP contribution in [0.5, 0.6) is 0 Å². The number of pyridine rings is 1. The van der Waals surface area contributed by atoms with E-state index in [2.05, 4.69) is 31.5 Å². The number of hydrogen-bond donors (Lipinski definition) is 2. The maximum Gasteiger partial charge on any atom is 0.224 e. The Morgan fingerprint density at radius 3 is 2.89 bits per heavy atom. The predicted molar refractivity (Wildman–Crippen MR) is 110 cm³/mol. The van der Waals surface area contributed by atoms with Crippen molar-refractivity contribution >= 4 is 11.7 Å². The number of rotatable bonds is 5. The molecule has 0 aliphatic carbocycles. The molecule has 2 N–H and O–H groups in total. The topological polar surface area (TPSA) is 73.9 Å². The quantitative estimate of drug-likeness (QED) is 0.719. The van der Waals surface area contributed by atoms with E-state index in [1.54, 1.807) is 12.4 Å². The first-order valence-corrected chi connectivity index (χ1v) is 9.73. The van der Waals surface area contributed by atoms with Gasteiger partial charge in [0, 0.05) is 43.2 Å². The summed E-state index contributed by atoms with van der Waals surface area (Å²) in [5.41, 5.74) is 4.28. The highest BCUT2D eigenvalue weighted by Crippen LogP contribution is 2.23. The molecule has 0 unspecified atom stereocenters. The Kier molecular flexibility index (Phi) is 5.37. The van der Waals surface area contributed by atoms with Crippen LogP contribution in [0, 0.1) is 6.92 Å². The van der Waals surface area contributed by atoms with Gasteiger partial charge < -0.3 is 10.2 Å². The Morgan fingerprint density at radius 2 is 2.07 bits per heavy atom. The number of nitrogens with zero attached hydrogens (tertiary/aromatic N) is 3. The SMILES string of the molecule is Cc1ccccc1CC(=O)N[C@@H]1CCCN(c2cc(-c3ccncc3)[nH]n2)C1. The first kappa shape index (κ1) is 18.2. The zero-order valence-electron chi connectivity index (χ0n) is 16.1. The maximum absolute atomic E-state index is 12.5. The number of amides is 1. The van der Waals surface area contributed by atoms with Crippen LogP contribution in [0.25, 0.3) is 11.3 Å². The smallest absolute Gasteiger partial charge is 0.224 e. The average Bonchev–Trinajstić information content (AvgIpc) is 3.21. The minimum Gasteiger partial charge on any atom is -0.353 e. The van der Waals surface area contributed by atoms with Gasteiger partial charge >= 0.3 is 0 Å². The molecule has 6 nitrogen and oxygen atoms in total. The molecule has 1 saturated heterocycles. The number of aryl methyl sites for hydroxylation is 1. The van der Waals surface area contributed by atoms with Gasteiger partial charge in [0.05, 0.1) is 12.1 Å². The van der Waals surface area contributed by atoms with Crippen molar-refractivity contribution in [3.05, 3.63) is 66.0 Å². The van der Waals surface area contributed by atoms with Crippen LogP contribution < -0.4 is 10.2 Å². The molecule has 1 amide bonds. The number of anilines is 1. The summed E-state index contributed by atoms with van der Waals surface area (Å²) in [5.74, 6) is 1.00. The second kappa shape index (κ2) is 8.25. The molecule has 0 saturated carbocycles. The van der Waals surface area contributed by atoms with Crippen molar-refractivity contribution in [1.82, 2.24) is 20.5 Å². The molecular weight excluding hydrogens is 350 g/mol.